The van der Waals surface area contributed by atoms with E-state index in [1.54, 1.807) is 0 Å². The van der Waals surface area contributed by atoms with Crippen molar-refractivity contribution in [2.75, 3.05) is 59.0 Å². The molecule has 14 heteroatoms. The van der Waals surface area contributed by atoms with Gasteiger partial charge in [0.2, 0.25) is 0 Å². The fourth-order valence-electron chi connectivity index (χ4n) is 5.86. The Morgan fingerprint density at radius 3 is 2.09 bits per heavy atom. The maximum absolute atomic E-state index is 13.7. The number of aromatic amines is 1. The Morgan fingerprint density at radius 2 is 1.45 bits per heavy atom. The molecule has 2 aliphatic rings. The van der Waals surface area contributed by atoms with Gasteiger partial charge in [0.25, 0.3) is 5.91 Å². The van der Waals surface area contributed by atoms with E-state index in [4.69, 9.17) is 4.74 Å². The number of halogens is 8. The summed E-state index contributed by atoms with van der Waals surface area (Å²) in [6.45, 7) is 6.22. The van der Waals surface area contributed by atoms with Crippen LogP contribution in [0.15, 0.2) is 48.7 Å². The van der Waals surface area contributed by atoms with Crippen LogP contribution >= 0.6 is 24.8 Å². The van der Waals surface area contributed by atoms with E-state index in [2.05, 4.69) is 14.8 Å². The molecule has 2 aromatic carbocycles. The van der Waals surface area contributed by atoms with Crippen molar-refractivity contribution < 1.29 is 35.9 Å². The van der Waals surface area contributed by atoms with Gasteiger partial charge in [0.05, 0.1) is 24.3 Å². The molecule has 0 spiro atoms. The van der Waals surface area contributed by atoms with E-state index in [1.807, 2.05) is 30.5 Å². The van der Waals surface area contributed by atoms with Crippen molar-refractivity contribution in [3.8, 4) is 0 Å². The Balaban J connectivity index is 0.00000264. The number of fused-ring (bicyclic) bond motifs is 1. The van der Waals surface area contributed by atoms with E-state index >= 15 is 0 Å². The van der Waals surface area contributed by atoms with Crippen LogP contribution in [0.5, 0.6) is 0 Å². The first-order valence-electron chi connectivity index (χ1n) is 14.2. The van der Waals surface area contributed by atoms with Gasteiger partial charge in [0, 0.05) is 61.4 Å². The lowest BCUT2D eigenvalue weighted by molar-refractivity contribution is -0.143. The second-order valence-electron chi connectivity index (χ2n) is 11.0. The number of hydrogen-bond donors (Lipinski definition) is 1. The molecule has 2 saturated heterocycles. The highest BCUT2D eigenvalue weighted by molar-refractivity contribution is 5.95. The van der Waals surface area contributed by atoms with Crippen LogP contribution in [0.1, 0.15) is 39.9 Å². The normalized spacial score (nSPS) is 18.6. The summed E-state index contributed by atoms with van der Waals surface area (Å²) in [6.07, 6.45) is -5.87. The number of unbranched alkanes of at least 4 members (excludes halogenated alkanes) is 1. The minimum absolute atomic E-state index is 0. The van der Waals surface area contributed by atoms with Crippen molar-refractivity contribution in [2.24, 2.45) is 0 Å². The molecule has 1 atom stereocenters. The molecule has 1 aromatic heterocycles. The van der Waals surface area contributed by atoms with Crippen LogP contribution in [0.4, 0.5) is 26.3 Å². The summed E-state index contributed by atoms with van der Waals surface area (Å²) >= 11 is 0. The monoisotopic (exact) mass is 668 g/mol. The lowest BCUT2D eigenvalue weighted by atomic mass is 9.98. The zero-order chi connectivity index (χ0) is 29.9. The highest BCUT2D eigenvalue weighted by Crippen LogP contribution is 2.37. The summed E-state index contributed by atoms with van der Waals surface area (Å²) in [5, 5.41) is 0.964. The first kappa shape index (κ1) is 36.0. The number of hydrogen-bond acceptors (Lipinski definition) is 4. The number of amides is 1. The van der Waals surface area contributed by atoms with Crippen molar-refractivity contribution in [1.29, 1.82) is 0 Å². The van der Waals surface area contributed by atoms with Gasteiger partial charge in [-0.1, -0.05) is 18.2 Å². The summed E-state index contributed by atoms with van der Waals surface area (Å²) in [4.78, 5) is 22.9. The number of ether oxygens (including phenoxy) is 1. The van der Waals surface area contributed by atoms with E-state index in [9.17, 15) is 31.1 Å². The van der Waals surface area contributed by atoms with Gasteiger partial charge in [-0.25, -0.2) is 0 Å². The third kappa shape index (κ3) is 8.81. The Kier molecular flexibility index (Phi) is 12.4. The van der Waals surface area contributed by atoms with Gasteiger partial charge in [-0.2, -0.15) is 26.3 Å². The van der Waals surface area contributed by atoms with Gasteiger partial charge in [0.15, 0.2) is 0 Å². The molecule has 0 unspecified atom stereocenters. The number of piperazine rings is 1. The van der Waals surface area contributed by atoms with Crippen LogP contribution in [0, 0.1) is 0 Å². The average molecular weight is 670 g/mol. The summed E-state index contributed by atoms with van der Waals surface area (Å²) in [5.41, 5.74) is -1.75. The fourth-order valence-corrected chi connectivity index (χ4v) is 5.86. The van der Waals surface area contributed by atoms with Gasteiger partial charge in [-0.3, -0.25) is 14.6 Å². The summed E-state index contributed by atoms with van der Waals surface area (Å²) in [5.74, 6) is -0.830. The largest absolute Gasteiger partial charge is 0.416 e. The number of aromatic nitrogens is 1. The van der Waals surface area contributed by atoms with E-state index in [0.29, 0.717) is 31.6 Å². The molecule has 0 aliphatic carbocycles. The molecule has 2 fully saturated rings. The quantitative estimate of drug-likeness (QED) is 0.219. The Hall–Kier alpha value is -2.51. The van der Waals surface area contributed by atoms with Crippen molar-refractivity contribution in [3.05, 3.63) is 70.9 Å². The minimum atomic E-state index is -5.03. The number of rotatable bonds is 8. The first-order valence-corrected chi connectivity index (χ1v) is 14.2. The highest BCUT2D eigenvalue weighted by atomic mass is 35.5. The Labute approximate surface area is 264 Å². The van der Waals surface area contributed by atoms with Crippen molar-refractivity contribution in [3.63, 3.8) is 0 Å². The Bertz CT molecular complexity index is 1350. The smallest absolute Gasteiger partial charge is 0.379 e. The van der Waals surface area contributed by atoms with Crippen LogP contribution in [0.25, 0.3) is 10.9 Å². The second kappa shape index (κ2) is 15.2. The number of para-hydroxylation sites is 1. The molecule has 1 N–H and O–H groups in total. The number of H-pyrrole nitrogens is 1. The third-order valence-electron chi connectivity index (χ3n) is 8.10. The molecular weight excluding hydrogens is 633 g/mol. The standard InChI is InChI=1S/C30H34F6N4O2.2ClH/c31-29(32,33)23-15-21(16-24(18-23)30(34,35)36)28(41)40-10-9-39(8-4-3-7-38-11-13-42-14-12-38)20-25(40)17-22-19-37-27-6-2-1-5-26(22)27;;/h1-2,5-6,15-16,18-19,25,37H,3-4,7-14,17,20H2;2*1H/t25-;;/m1../s1. The SMILES string of the molecule is Cl.Cl.O=C(c1cc(C(F)(F)F)cc(C(F)(F)F)c1)N1CCN(CCCCN2CCOCC2)C[C@H]1Cc1c[nH]c2ccccc12. The van der Waals surface area contributed by atoms with E-state index in [0.717, 1.165) is 68.7 Å². The van der Waals surface area contributed by atoms with Crippen LogP contribution in [0.3, 0.4) is 0 Å². The minimum Gasteiger partial charge on any atom is -0.379 e. The third-order valence-corrected chi connectivity index (χ3v) is 8.10. The maximum atomic E-state index is 13.7. The number of carbonyl (C=O) groups is 1. The molecule has 44 heavy (non-hydrogen) atoms. The summed E-state index contributed by atoms with van der Waals surface area (Å²) in [6, 6.07) is 8.32. The van der Waals surface area contributed by atoms with Gasteiger partial charge in [0.1, 0.15) is 0 Å². The number of nitrogens with zero attached hydrogens (tertiary/aromatic N) is 3. The van der Waals surface area contributed by atoms with Gasteiger partial charge >= 0.3 is 12.4 Å². The highest BCUT2D eigenvalue weighted by Gasteiger charge is 2.39. The van der Waals surface area contributed by atoms with Crippen molar-refractivity contribution in [2.45, 2.75) is 37.7 Å². The average Bonchev–Trinajstić information content (AvgIpc) is 3.37. The summed E-state index contributed by atoms with van der Waals surface area (Å²) < 4.78 is 86.5. The number of morpholine rings is 1. The van der Waals surface area contributed by atoms with Crippen LogP contribution in [-0.2, 0) is 23.5 Å². The predicted octanol–water partition coefficient (Wildman–Crippen LogP) is 6.53. The zero-order valence-corrected chi connectivity index (χ0v) is 25.6. The van der Waals surface area contributed by atoms with Gasteiger partial charge < -0.3 is 14.6 Å². The summed E-state index contributed by atoms with van der Waals surface area (Å²) in [7, 11) is 0. The van der Waals surface area contributed by atoms with Crippen molar-refractivity contribution >= 4 is 41.6 Å². The molecule has 0 saturated carbocycles. The van der Waals surface area contributed by atoms with Crippen LogP contribution in [-0.4, -0.2) is 90.7 Å². The van der Waals surface area contributed by atoms with Crippen LogP contribution < -0.4 is 0 Å². The molecule has 0 bridgehead atoms. The molecular formula is C30H36Cl2F6N4O2. The van der Waals surface area contributed by atoms with Crippen molar-refractivity contribution in [1.82, 2.24) is 19.7 Å². The molecule has 3 heterocycles. The molecule has 3 aromatic rings. The number of carbonyl (C=O) groups excluding carboxylic acids is 1. The predicted molar refractivity (Wildman–Crippen MR) is 161 cm³/mol. The topological polar surface area (TPSA) is 51.8 Å². The number of nitrogens with one attached hydrogen (secondary N) is 1. The maximum Gasteiger partial charge on any atom is 0.416 e. The van der Waals surface area contributed by atoms with E-state index in [1.165, 1.54) is 4.90 Å². The molecule has 0 radical (unpaired) electrons. The molecule has 5 rings (SSSR count). The molecule has 2 aliphatic heterocycles. The molecule has 1 amide bonds. The van der Waals surface area contributed by atoms with Gasteiger partial charge in [-0.15, -0.1) is 24.8 Å². The van der Waals surface area contributed by atoms with Crippen LogP contribution in [0.2, 0.25) is 0 Å². The number of alkyl halides is 6. The molecule has 6 nitrogen and oxygen atoms in total. The second-order valence-corrected chi connectivity index (χ2v) is 11.0. The first-order chi connectivity index (χ1) is 20.0. The number of benzene rings is 2. The fraction of sp³-hybridized carbons (Fsp3) is 0.500. The van der Waals surface area contributed by atoms with E-state index < -0.39 is 41.0 Å². The molecule has 244 valence electrons. The zero-order valence-electron chi connectivity index (χ0n) is 23.9. The van der Waals surface area contributed by atoms with Gasteiger partial charge in [-0.05, 0) is 62.2 Å². The Morgan fingerprint density at radius 1 is 0.841 bits per heavy atom. The lowest BCUT2D eigenvalue weighted by Crippen LogP contribution is -2.56. The van der Waals surface area contributed by atoms with E-state index in [-0.39, 0.29) is 37.4 Å². The lowest BCUT2D eigenvalue weighted by Gasteiger charge is -2.42.